The molecule has 2 aromatic rings. The molecule has 29 heavy (non-hydrogen) atoms. The maximum absolute atomic E-state index is 14.4. The van der Waals surface area contributed by atoms with E-state index in [1.54, 1.807) is 12.1 Å². The Bertz CT molecular complexity index is 935. The van der Waals surface area contributed by atoms with Crippen molar-refractivity contribution in [1.82, 2.24) is 10.6 Å². The molecule has 0 unspecified atom stereocenters. The average molecular weight is 553 g/mol. The van der Waals surface area contributed by atoms with Gasteiger partial charge in [-0.2, -0.15) is 0 Å². The minimum atomic E-state index is -0.423. The van der Waals surface area contributed by atoms with Gasteiger partial charge in [-0.15, -0.1) is 23.7 Å². The number of carbonyl (C=O) groups is 2. The van der Waals surface area contributed by atoms with E-state index in [4.69, 9.17) is 5.73 Å². The molecule has 1 aliphatic rings. The zero-order valence-corrected chi connectivity index (χ0v) is 19.8. The van der Waals surface area contributed by atoms with Crippen LogP contribution in [0.5, 0.6) is 0 Å². The second-order valence-electron chi connectivity index (χ2n) is 7.43. The molecular formula is C19H23ClFIN4O2S. The molecule has 0 atom stereocenters. The maximum atomic E-state index is 14.4. The van der Waals surface area contributed by atoms with Crippen LogP contribution in [-0.4, -0.2) is 31.4 Å². The SMILES string of the molecule is CC1(C)CNC(=O)c2sc(Nc3ccc(I)cc3F)c(C(=O)NCCN)c2C1.Cl. The molecule has 2 heterocycles. The zero-order valence-electron chi connectivity index (χ0n) is 16.0. The van der Waals surface area contributed by atoms with Gasteiger partial charge in [-0.3, -0.25) is 9.59 Å². The van der Waals surface area contributed by atoms with E-state index in [2.05, 4.69) is 16.0 Å². The monoisotopic (exact) mass is 552 g/mol. The number of fused-ring (bicyclic) bond motifs is 1. The molecule has 5 N–H and O–H groups in total. The molecule has 1 aliphatic heterocycles. The standard InChI is InChI=1S/C19H22FIN4O2S.ClH/c1-19(2)8-11-14(16(26)23-6-5-22)18(28-15(11)17(27)24-9-19)25-13-4-3-10(21)7-12(13)20;/h3-4,7,25H,5-6,8-9,22H2,1-2H3,(H,23,26)(H,24,27);1H. The summed E-state index contributed by atoms with van der Waals surface area (Å²) in [5.74, 6) is -0.954. The first kappa shape index (κ1) is 23.8. The first-order valence-electron chi connectivity index (χ1n) is 8.86. The van der Waals surface area contributed by atoms with Crippen molar-refractivity contribution < 1.29 is 14.0 Å². The number of nitrogens with two attached hydrogens (primary N) is 1. The molecule has 0 aliphatic carbocycles. The Kier molecular flexibility index (Phi) is 7.88. The highest BCUT2D eigenvalue weighted by molar-refractivity contribution is 14.1. The molecule has 3 rings (SSSR count). The highest BCUT2D eigenvalue weighted by atomic mass is 127. The summed E-state index contributed by atoms with van der Waals surface area (Å²) >= 11 is 3.20. The van der Waals surface area contributed by atoms with Crippen LogP contribution in [-0.2, 0) is 6.42 Å². The number of rotatable bonds is 5. The van der Waals surface area contributed by atoms with Crippen LogP contribution in [0.1, 0.15) is 39.4 Å². The van der Waals surface area contributed by atoms with Crippen molar-refractivity contribution in [2.45, 2.75) is 20.3 Å². The first-order chi connectivity index (χ1) is 13.2. The van der Waals surface area contributed by atoms with Gasteiger partial charge in [-0.1, -0.05) is 13.8 Å². The fourth-order valence-electron chi connectivity index (χ4n) is 3.07. The summed E-state index contributed by atoms with van der Waals surface area (Å²) in [5, 5.41) is 9.16. The van der Waals surface area contributed by atoms with Crippen molar-refractivity contribution in [3.63, 3.8) is 0 Å². The molecule has 10 heteroatoms. The molecule has 0 spiro atoms. The molecule has 2 amide bonds. The van der Waals surface area contributed by atoms with Crippen molar-refractivity contribution in [3.05, 3.63) is 43.6 Å². The van der Waals surface area contributed by atoms with Crippen molar-refractivity contribution in [3.8, 4) is 0 Å². The smallest absolute Gasteiger partial charge is 0.261 e. The highest BCUT2D eigenvalue weighted by Gasteiger charge is 2.34. The van der Waals surface area contributed by atoms with E-state index in [0.29, 0.717) is 47.1 Å². The number of carbonyl (C=O) groups excluding carboxylic acids is 2. The molecule has 158 valence electrons. The van der Waals surface area contributed by atoms with Crippen LogP contribution in [0.4, 0.5) is 15.1 Å². The molecular weight excluding hydrogens is 530 g/mol. The fraction of sp³-hybridized carbons (Fsp3) is 0.368. The average Bonchev–Trinajstić information content (AvgIpc) is 2.92. The summed E-state index contributed by atoms with van der Waals surface area (Å²) in [6, 6.07) is 4.80. The predicted octanol–water partition coefficient (Wildman–Crippen LogP) is 3.66. The number of nitrogens with one attached hydrogen (secondary N) is 3. The lowest BCUT2D eigenvalue weighted by Gasteiger charge is -2.22. The third kappa shape index (κ3) is 5.39. The number of thiophene rings is 1. The van der Waals surface area contributed by atoms with Gasteiger partial charge in [0.25, 0.3) is 11.8 Å². The third-order valence-corrected chi connectivity index (χ3v) is 6.25. The molecule has 0 bridgehead atoms. The van der Waals surface area contributed by atoms with Gasteiger partial charge < -0.3 is 21.7 Å². The largest absolute Gasteiger partial charge is 0.351 e. The summed E-state index contributed by atoms with van der Waals surface area (Å²) in [6.45, 7) is 5.21. The summed E-state index contributed by atoms with van der Waals surface area (Å²) in [7, 11) is 0. The zero-order chi connectivity index (χ0) is 20.5. The lowest BCUT2D eigenvalue weighted by molar-refractivity contribution is 0.0945. The molecule has 1 aromatic carbocycles. The van der Waals surface area contributed by atoms with Crippen molar-refractivity contribution in [2.24, 2.45) is 11.1 Å². The normalized spacial score (nSPS) is 14.9. The van der Waals surface area contributed by atoms with Crippen LogP contribution in [0.2, 0.25) is 0 Å². The molecule has 0 radical (unpaired) electrons. The Morgan fingerprint density at radius 1 is 1.41 bits per heavy atom. The Balaban J connectivity index is 0.00000300. The maximum Gasteiger partial charge on any atom is 0.261 e. The van der Waals surface area contributed by atoms with Crippen LogP contribution in [0.25, 0.3) is 0 Å². The van der Waals surface area contributed by atoms with Crippen LogP contribution in [0, 0.1) is 14.8 Å². The summed E-state index contributed by atoms with van der Waals surface area (Å²) in [4.78, 5) is 26.0. The van der Waals surface area contributed by atoms with E-state index in [1.807, 2.05) is 36.4 Å². The quantitative estimate of drug-likeness (QED) is 0.426. The predicted molar refractivity (Wildman–Crippen MR) is 125 cm³/mol. The first-order valence-corrected chi connectivity index (χ1v) is 10.8. The second kappa shape index (κ2) is 9.59. The van der Waals surface area contributed by atoms with E-state index in [0.717, 1.165) is 3.57 Å². The van der Waals surface area contributed by atoms with E-state index in [-0.39, 0.29) is 35.3 Å². The summed E-state index contributed by atoms with van der Waals surface area (Å²) in [6.07, 6.45) is 0.555. The van der Waals surface area contributed by atoms with Gasteiger partial charge >= 0.3 is 0 Å². The Hall–Kier alpha value is -1.43. The van der Waals surface area contributed by atoms with Gasteiger partial charge in [-0.25, -0.2) is 4.39 Å². The molecule has 6 nitrogen and oxygen atoms in total. The van der Waals surface area contributed by atoms with Gasteiger partial charge in [0.15, 0.2) is 0 Å². The lowest BCUT2D eigenvalue weighted by Crippen LogP contribution is -2.32. The topological polar surface area (TPSA) is 96.2 Å². The molecule has 0 fully saturated rings. The summed E-state index contributed by atoms with van der Waals surface area (Å²) in [5.41, 5.74) is 6.63. The van der Waals surface area contributed by atoms with Gasteiger partial charge in [0.1, 0.15) is 10.8 Å². The van der Waals surface area contributed by atoms with Gasteiger partial charge in [-0.05, 0) is 58.2 Å². The van der Waals surface area contributed by atoms with Crippen LogP contribution in [0.15, 0.2) is 18.2 Å². The number of benzene rings is 1. The van der Waals surface area contributed by atoms with Crippen molar-refractivity contribution in [1.29, 1.82) is 0 Å². The van der Waals surface area contributed by atoms with Gasteiger partial charge in [0, 0.05) is 23.2 Å². The molecule has 1 aromatic heterocycles. The Morgan fingerprint density at radius 3 is 2.79 bits per heavy atom. The van der Waals surface area contributed by atoms with E-state index < -0.39 is 5.82 Å². The third-order valence-electron chi connectivity index (χ3n) is 4.43. The Labute approximate surface area is 192 Å². The van der Waals surface area contributed by atoms with Crippen LogP contribution >= 0.6 is 46.3 Å². The van der Waals surface area contributed by atoms with E-state index >= 15 is 0 Å². The number of hydrogen-bond acceptors (Lipinski definition) is 5. The fourth-order valence-corrected chi connectivity index (χ4v) is 4.67. The van der Waals surface area contributed by atoms with Crippen molar-refractivity contribution >= 4 is 68.8 Å². The summed E-state index contributed by atoms with van der Waals surface area (Å²) < 4.78 is 15.1. The van der Waals surface area contributed by atoms with Crippen LogP contribution < -0.4 is 21.7 Å². The number of hydrogen-bond donors (Lipinski definition) is 4. The number of amides is 2. The highest BCUT2D eigenvalue weighted by Crippen LogP contribution is 2.40. The van der Waals surface area contributed by atoms with Gasteiger partial charge in [0.2, 0.25) is 0 Å². The van der Waals surface area contributed by atoms with Gasteiger partial charge in [0.05, 0.1) is 16.1 Å². The number of anilines is 2. The minimum Gasteiger partial charge on any atom is -0.351 e. The molecule has 0 saturated carbocycles. The van der Waals surface area contributed by atoms with E-state index in [9.17, 15) is 14.0 Å². The second-order valence-corrected chi connectivity index (χ2v) is 9.70. The van der Waals surface area contributed by atoms with Crippen molar-refractivity contribution in [2.75, 3.05) is 25.0 Å². The van der Waals surface area contributed by atoms with Crippen LogP contribution in [0.3, 0.4) is 0 Å². The number of halogens is 3. The minimum absolute atomic E-state index is 0. The van der Waals surface area contributed by atoms with E-state index in [1.165, 1.54) is 17.4 Å². The molecule has 0 saturated heterocycles. The lowest BCUT2D eigenvalue weighted by atomic mass is 9.85. The Morgan fingerprint density at radius 2 is 2.14 bits per heavy atom.